The van der Waals surface area contributed by atoms with E-state index in [4.69, 9.17) is 0 Å². The number of amides is 2. The van der Waals surface area contributed by atoms with Crippen LogP contribution in [-0.4, -0.2) is 23.3 Å². The fourth-order valence-electron chi connectivity index (χ4n) is 3.40. The molecule has 3 aromatic rings. The third kappa shape index (κ3) is 3.78. The van der Waals surface area contributed by atoms with E-state index in [9.17, 15) is 9.59 Å². The van der Waals surface area contributed by atoms with Crippen LogP contribution in [0.3, 0.4) is 0 Å². The number of fused-ring (bicyclic) bond motifs is 1. The molecule has 1 aliphatic carbocycles. The predicted molar refractivity (Wildman–Crippen MR) is 110 cm³/mol. The number of nitrogens with one attached hydrogen (secondary N) is 2. The van der Waals surface area contributed by atoms with E-state index in [0.29, 0.717) is 12.1 Å². The van der Waals surface area contributed by atoms with Crippen molar-refractivity contribution < 1.29 is 9.59 Å². The molecular formula is C23H21N3O2. The van der Waals surface area contributed by atoms with Crippen LogP contribution in [-0.2, 0) is 4.79 Å². The number of carbonyl (C=O) groups excluding carboxylic acids is 2. The summed E-state index contributed by atoms with van der Waals surface area (Å²) in [6.07, 6.45) is 6.02. The quantitative estimate of drug-likeness (QED) is 0.646. The molecule has 0 unspecified atom stereocenters. The van der Waals surface area contributed by atoms with Gasteiger partial charge in [-0.25, -0.2) is 0 Å². The summed E-state index contributed by atoms with van der Waals surface area (Å²) in [6.45, 7) is 4.03. The first-order valence-electron chi connectivity index (χ1n) is 9.29. The van der Waals surface area contributed by atoms with Crippen LogP contribution in [0.4, 0.5) is 5.69 Å². The van der Waals surface area contributed by atoms with Crippen LogP contribution in [0.25, 0.3) is 10.8 Å². The van der Waals surface area contributed by atoms with E-state index in [0.717, 1.165) is 28.4 Å². The lowest BCUT2D eigenvalue weighted by Crippen LogP contribution is -2.23. The number of nitrogens with zero attached hydrogens (tertiary/aromatic N) is 1. The number of rotatable bonds is 6. The smallest absolute Gasteiger partial charge is 0.251 e. The number of benzene rings is 2. The fourth-order valence-corrected chi connectivity index (χ4v) is 3.40. The summed E-state index contributed by atoms with van der Waals surface area (Å²) in [5.41, 5.74) is 2.49. The maximum atomic E-state index is 12.6. The minimum atomic E-state index is -0.122. The Kier molecular flexibility index (Phi) is 4.89. The lowest BCUT2D eigenvalue weighted by molar-refractivity contribution is -0.117. The molecule has 1 aliphatic rings. The third-order valence-electron chi connectivity index (χ3n) is 5.04. The zero-order valence-electron chi connectivity index (χ0n) is 15.4. The van der Waals surface area contributed by atoms with Crippen molar-refractivity contribution in [2.75, 3.05) is 11.9 Å². The van der Waals surface area contributed by atoms with Crippen LogP contribution in [0.15, 0.2) is 73.6 Å². The maximum Gasteiger partial charge on any atom is 0.251 e. The van der Waals surface area contributed by atoms with Gasteiger partial charge in [0.25, 0.3) is 5.91 Å². The first-order valence-corrected chi connectivity index (χ1v) is 9.29. The summed E-state index contributed by atoms with van der Waals surface area (Å²) in [5.74, 6) is 0.0813. The Balaban J connectivity index is 1.38. The van der Waals surface area contributed by atoms with Gasteiger partial charge in [-0.3, -0.25) is 14.6 Å². The molecule has 1 heterocycles. The first-order chi connectivity index (χ1) is 13.7. The van der Waals surface area contributed by atoms with Gasteiger partial charge in [-0.1, -0.05) is 24.3 Å². The molecule has 0 aliphatic heterocycles. The number of aromatic nitrogens is 1. The second-order valence-corrected chi connectivity index (χ2v) is 7.00. The Morgan fingerprint density at radius 3 is 2.71 bits per heavy atom. The predicted octanol–water partition coefficient (Wildman–Crippen LogP) is 3.89. The van der Waals surface area contributed by atoms with E-state index in [2.05, 4.69) is 22.2 Å². The summed E-state index contributed by atoms with van der Waals surface area (Å²) in [4.78, 5) is 28.6. The van der Waals surface area contributed by atoms with Crippen molar-refractivity contribution in [2.24, 2.45) is 5.92 Å². The molecule has 1 saturated carbocycles. The molecule has 0 saturated heterocycles. The summed E-state index contributed by atoms with van der Waals surface area (Å²) >= 11 is 0. The van der Waals surface area contributed by atoms with Crippen LogP contribution in [0.2, 0.25) is 0 Å². The van der Waals surface area contributed by atoms with Gasteiger partial charge in [-0.2, -0.15) is 0 Å². The van der Waals surface area contributed by atoms with Crippen molar-refractivity contribution in [3.8, 4) is 0 Å². The number of hydrogen-bond donors (Lipinski definition) is 2. The van der Waals surface area contributed by atoms with Gasteiger partial charge in [-0.15, -0.1) is 6.58 Å². The Hall–Kier alpha value is -3.47. The molecule has 140 valence electrons. The van der Waals surface area contributed by atoms with Gasteiger partial charge < -0.3 is 10.6 Å². The number of hydrogen-bond acceptors (Lipinski definition) is 3. The third-order valence-corrected chi connectivity index (χ3v) is 5.04. The second kappa shape index (κ2) is 7.64. The highest BCUT2D eigenvalue weighted by Gasteiger charge is 2.43. The molecule has 4 rings (SSSR count). The van der Waals surface area contributed by atoms with Gasteiger partial charge in [0.15, 0.2) is 0 Å². The van der Waals surface area contributed by atoms with Gasteiger partial charge in [-0.05, 0) is 53.6 Å². The molecule has 0 spiro atoms. The average molecular weight is 371 g/mol. The number of pyridine rings is 1. The van der Waals surface area contributed by atoms with Crippen molar-refractivity contribution in [1.82, 2.24) is 10.3 Å². The van der Waals surface area contributed by atoms with Crippen LogP contribution < -0.4 is 10.6 Å². The molecular weight excluding hydrogens is 350 g/mol. The largest absolute Gasteiger partial charge is 0.349 e. The molecule has 28 heavy (non-hydrogen) atoms. The van der Waals surface area contributed by atoms with Gasteiger partial charge in [0.2, 0.25) is 5.91 Å². The van der Waals surface area contributed by atoms with Crippen molar-refractivity contribution >= 4 is 28.3 Å². The molecule has 1 aromatic heterocycles. The van der Waals surface area contributed by atoms with Gasteiger partial charge >= 0.3 is 0 Å². The van der Waals surface area contributed by atoms with Crippen LogP contribution in [0.1, 0.15) is 28.3 Å². The molecule has 0 bridgehead atoms. The standard InChI is InChI=1S/C23H21N3O2/c1-2-10-25-22(27)16-5-3-15(4-6-16)20-13-21(20)23(28)26-19-8-7-18-14-24-11-9-17(18)12-19/h2-9,11-12,14,20-21H,1,10,13H2,(H,25,27)(H,26,28)/t20-,21+/m0/s1. The zero-order valence-corrected chi connectivity index (χ0v) is 15.4. The highest BCUT2D eigenvalue weighted by atomic mass is 16.2. The summed E-state index contributed by atoms with van der Waals surface area (Å²) < 4.78 is 0. The van der Waals surface area contributed by atoms with E-state index < -0.39 is 0 Å². The molecule has 2 amide bonds. The SMILES string of the molecule is C=CCNC(=O)c1ccc([C@@H]2C[C@H]2C(=O)Nc2ccc3cnccc3c2)cc1. The zero-order chi connectivity index (χ0) is 19.5. The highest BCUT2D eigenvalue weighted by molar-refractivity contribution is 5.97. The van der Waals surface area contributed by atoms with E-state index >= 15 is 0 Å². The van der Waals surface area contributed by atoms with Gasteiger partial charge in [0, 0.05) is 41.5 Å². The van der Waals surface area contributed by atoms with Crippen LogP contribution in [0, 0.1) is 5.92 Å². The van der Waals surface area contributed by atoms with Crippen molar-refractivity contribution in [1.29, 1.82) is 0 Å². The van der Waals surface area contributed by atoms with Crippen molar-refractivity contribution in [3.63, 3.8) is 0 Å². The minimum Gasteiger partial charge on any atom is -0.349 e. The van der Waals surface area contributed by atoms with Gasteiger partial charge in [0.1, 0.15) is 0 Å². The Morgan fingerprint density at radius 1 is 1.11 bits per heavy atom. The Bertz CT molecular complexity index is 1040. The number of anilines is 1. The average Bonchev–Trinajstić information content (AvgIpc) is 3.53. The summed E-state index contributed by atoms with van der Waals surface area (Å²) in [6, 6.07) is 15.2. The van der Waals surface area contributed by atoms with E-state index in [1.54, 1.807) is 30.6 Å². The second-order valence-electron chi connectivity index (χ2n) is 7.00. The first kappa shape index (κ1) is 17.9. The fraction of sp³-hybridized carbons (Fsp3) is 0.174. The maximum absolute atomic E-state index is 12.6. The van der Waals surface area contributed by atoms with Crippen LogP contribution >= 0.6 is 0 Å². The molecule has 5 nitrogen and oxygen atoms in total. The molecule has 5 heteroatoms. The van der Waals surface area contributed by atoms with Crippen LogP contribution in [0.5, 0.6) is 0 Å². The number of carbonyl (C=O) groups is 2. The molecule has 0 radical (unpaired) electrons. The topological polar surface area (TPSA) is 71.1 Å². The highest BCUT2D eigenvalue weighted by Crippen LogP contribution is 2.48. The lowest BCUT2D eigenvalue weighted by Gasteiger charge is -2.07. The summed E-state index contributed by atoms with van der Waals surface area (Å²) in [7, 11) is 0. The Labute approximate surface area is 163 Å². The molecule has 2 aromatic carbocycles. The molecule has 2 N–H and O–H groups in total. The van der Waals surface area contributed by atoms with Gasteiger partial charge in [0.05, 0.1) is 0 Å². The Morgan fingerprint density at radius 2 is 1.93 bits per heavy atom. The summed E-state index contributed by atoms with van der Waals surface area (Å²) in [5, 5.41) is 7.86. The van der Waals surface area contributed by atoms with Crippen molar-refractivity contribution in [2.45, 2.75) is 12.3 Å². The van der Waals surface area contributed by atoms with E-state index in [-0.39, 0.29) is 23.7 Å². The van der Waals surface area contributed by atoms with Crippen molar-refractivity contribution in [3.05, 3.63) is 84.7 Å². The van der Waals surface area contributed by atoms with E-state index in [1.165, 1.54) is 0 Å². The minimum absolute atomic E-state index is 0.0335. The monoisotopic (exact) mass is 371 g/mol. The molecule has 1 fully saturated rings. The lowest BCUT2D eigenvalue weighted by atomic mass is 10.1. The van der Waals surface area contributed by atoms with E-state index in [1.807, 2.05) is 36.4 Å². The molecule has 2 atom stereocenters. The normalized spacial score (nSPS) is 17.7.